The molecular weight excluding hydrogens is 256 g/mol. The number of benzene rings is 1. The third-order valence-corrected chi connectivity index (χ3v) is 4.47. The van der Waals surface area contributed by atoms with Gasteiger partial charge in [-0.25, -0.2) is 0 Å². The Morgan fingerprint density at radius 1 is 1.47 bits per heavy atom. The van der Waals surface area contributed by atoms with Crippen molar-refractivity contribution in [1.82, 2.24) is 10.6 Å². The smallest absolute Gasteiger partial charge is 0.236 e. The normalized spacial score (nSPS) is 19.6. The zero-order chi connectivity index (χ0) is 13.7. The molecule has 0 spiro atoms. The molecule has 1 aromatic carbocycles. The van der Waals surface area contributed by atoms with Crippen molar-refractivity contribution < 1.29 is 4.79 Å². The van der Waals surface area contributed by atoms with Crippen LogP contribution in [-0.4, -0.2) is 24.2 Å². The summed E-state index contributed by atoms with van der Waals surface area (Å²) < 4.78 is 0. The van der Waals surface area contributed by atoms with E-state index in [9.17, 15) is 4.79 Å². The molecule has 0 aromatic heterocycles. The molecule has 1 aliphatic rings. The molecule has 1 amide bonds. The Morgan fingerprint density at radius 3 is 3.05 bits per heavy atom. The van der Waals surface area contributed by atoms with Crippen molar-refractivity contribution in [2.45, 2.75) is 43.7 Å². The van der Waals surface area contributed by atoms with Crippen LogP contribution in [0.4, 0.5) is 0 Å². The predicted molar refractivity (Wildman–Crippen MR) is 80.4 cm³/mol. The summed E-state index contributed by atoms with van der Waals surface area (Å²) in [5, 5.41) is 6.40. The summed E-state index contributed by atoms with van der Waals surface area (Å²) in [5.41, 5.74) is 1.33. The first kappa shape index (κ1) is 14.4. The Morgan fingerprint density at radius 2 is 2.26 bits per heavy atom. The van der Waals surface area contributed by atoms with Crippen LogP contribution in [-0.2, 0) is 4.79 Å². The molecule has 1 aliphatic heterocycles. The SMILES string of the molecule is CCCNC(=O)C(C)NC1CCSc2ccccc21. The van der Waals surface area contributed by atoms with Gasteiger partial charge in [0.2, 0.25) is 5.91 Å². The minimum atomic E-state index is -0.146. The predicted octanol–water partition coefficient (Wildman–Crippen LogP) is 2.73. The standard InChI is InChI=1S/C15H22N2OS/c1-3-9-16-15(18)11(2)17-13-8-10-19-14-7-5-4-6-12(13)14/h4-7,11,13,17H,3,8-10H2,1-2H3,(H,16,18). The molecule has 0 saturated carbocycles. The summed E-state index contributed by atoms with van der Waals surface area (Å²) in [6.45, 7) is 4.75. The molecule has 0 radical (unpaired) electrons. The molecule has 4 heteroatoms. The molecule has 2 rings (SSSR count). The maximum atomic E-state index is 11.9. The molecule has 2 atom stereocenters. The molecule has 0 bridgehead atoms. The van der Waals surface area contributed by atoms with E-state index in [2.05, 4.69) is 41.8 Å². The van der Waals surface area contributed by atoms with Gasteiger partial charge in [0.1, 0.15) is 0 Å². The first-order valence-corrected chi connectivity index (χ1v) is 7.96. The van der Waals surface area contributed by atoms with E-state index in [1.54, 1.807) is 0 Å². The van der Waals surface area contributed by atoms with Gasteiger partial charge in [0.15, 0.2) is 0 Å². The second-order valence-electron chi connectivity index (χ2n) is 4.91. The van der Waals surface area contributed by atoms with Crippen LogP contribution in [0.25, 0.3) is 0 Å². The van der Waals surface area contributed by atoms with Crippen LogP contribution in [0.5, 0.6) is 0 Å². The van der Waals surface area contributed by atoms with E-state index in [-0.39, 0.29) is 11.9 Å². The first-order valence-electron chi connectivity index (χ1n) is 6.98. The highest BCUT2D eigenvalue weighted by molar-refractivity contribution is 7.99. The lowest BCUT2D eigenvalue weighted by Gasteiger charge is -2.28. The Kier molecular flexibility index (Phi) is 5.28. The van der Waals surface area contributed by atoms with Crippen molar-refractivity contribution in [2.24, 2.45) is 0 Å². The van der Waals surface area contributed by atoms with Gasteiger partial charge in [-0.1, -0.05) is 25.1 Å². The number of fused-ring (bicyclic) bond motifs is 1. The lowest BCUT2D eigenvalue weighted by Crippen LogP contribution is -2.44. The van der Waals surface area contributed by atoms with Gasteiger partial charge in [-0.2, -0.15) is 0 Å². The topological polar surface area (TPSA) is 41.1 Å². The monoisotopic (exact) mass is 278 g/mol. The summed E-state index contributed by atoms with van der Waals surface area (Å²) in [4.78, 5) is 13.2. The van der Waals surface area contributed by atoms with Gasteiger partial charge in [0.25, 0.3) is 0 Å². The summed E-state index contributed by atoms with van der Waals surface area (Å²) in [5.74, 6) is 1.20. The van der Waals surface area contributed by atoms with Gasteiger partial charge in [-0.3, -0.25) is 10.1 Å². The summed E-state index contributed by atoms with van der Waals surface area (Å²) in [7, 11) is 0. The minimum absolute atomic E-state index is 0.0950. The van der Waals surface area contributed by atoms with Crippen molar-refractivity contribution in [3.63, 3.8) is 0 Å². The third-order valence-electron chi connectivity index (χ3n) is 3.35. The van der Waals surface area contributed by atoms with E-state index >= 15 is 0 Å². The van der Waals surface area contributed by atoms with E-state index in [0.29, 0.717) is 6.04 Å². The summed E-state index contributed by atoms with van der Waals surface area (Å²) >= 11 is 1.90. The van der Waals surface area contributed by atoms with E-state index in [1.165, 1.54) is 10.5 Å². The quantitative estimate of drug-likeness (QED) is 0.870. The zero-order valence-corrected chi connectivity index (χ0v) is 12.4. The summed E-state index contributed by atoms with van der Waals surface area (Å²) in [6.07, 6.45) is 2.05. The number of carbonyl (C=O) groups excluding carboxylic acids is 1. The van der Waals surface area contributed by atoms with Crippen LogP contribution in [0.3, 0.4) is 0 Å². The molecule has 0 saturated heterocycles. The van der Waals surface area contributed by atoms with Gasteiger partial charge >= 0.3 is 0 Å². The molecular formula is C15H22N2OS. The highest BCUT2D eigenvalue weighted by Gasteiger charge is 2.23. The van der Waals surface area contributed by atoms with Crippen LogP contribution in [0, 0.1) is 0 Å². The Hall–Kier alpha value is -1.00. The highest BCUT2D eigenvalue weighted by Crippen LogP contribution is 2.35. The van der Waals surface area contributed by atoms with Crippen LogP contribution in [0.2, 0.25) is 0 Å². The average Bonchev–Trinajstić information content (AvgIpc) is 2.45. The van der Waals surface area contributed by atoms with Gasteiger partial charge in [0.05, 0.1) is 6.04 Å². The average molecular weight is 278 g/mol. The third kappa shape index (κ3) is 3.74. The first-order chi connectivity index (χ1) is 9.22. The fourth-order valence-corrected chi connectivity index (χ4v) is 3.42. The fraction of sp³-hybridized carbons (Fsp3) is 0.533. The van der Waals surface area contributed by atoms with Crippen molar-refractivity contribution in [3.8, 4) is 0 Å². The molecule has 104 valence electrons. The van der Waals surface area contributed by atoms with Crippen LogP contribution in [0.15, 0.2) is 29.2 Å². The molecule has 0 fully saturated rings. The van der Waals surface area contributed by atoms with E-state index in [0.717, 1.165) is 25.1 Å². The fourth-order valence-electron chi connectivity index (χ4n) is 2.29. The van der Waals surface area contributed by atoms with E-state index < -0.39 is 0 Å². The molecule has 3 nitrogen and oxygen atoms in total. The van der Waals surface area contributed by atoms with Gasteiger partial charge in [0, 0.05) is 17.5 Å². The summed E-state index contributed by atoms with van der Waals surface area (Å²) in [6, 6.07) is 8.62. The van der Waals surface area contributed by atoms with Gasteiger partial charge in [-0.05, 0) is 37.1 Å². The van der Waals surface area contributed by atoms with Crippen molar-refractivity contribution in [2.75, 3.05) is 12.3 Å². The molecule has 19 heavy (non-hydrogen) atoms. The van der Waals surface area contributed by atoms with Gasteiger partial charge in [-0.15, -0.1) is 11.8 Å². The molecule has 1 aromatic rings. The maximum absolute atomic E-state index is 11.9. The number of amides is 1. The van der Waals surface area contributed by atoms with Crippen LogP contribution >= 0.6 is 11.8 Å². The van der Waals surface area contributed by atoms with Crippen molar-refractivity contribution in [3.05, 3.63) is 29.8 Å². The van der Waals surface area contributed by atoms with Gasteiger partial charge < -0.3 is 5.32 Å². The Bertz CT molecular complexity index is 436. The second kappa shape index (κ2) is 6.96. The molecule has 0 aliphatic carbocycles. The largest absolute Gasteiger partial charge is 0.355 e. The minimum Gasteiger partial charge on any atom is -0.355 e. The lowest BCUT2D eigenvalue weighted by molar-refractivity contribution is -0.122. The van der Waals surface area contributed by atoms with Crippen LogP contribution < -0.4 is 10.6 Å². The van der Waals surface area contributed by atoms with Crippen molar-refractivity contribution >= 4 is 17.7 Å². The zero-order valence-electron chi connectivity index (χ0n) is 11.6. The number of carbonyl (C=O) groups is 1. The molecule has 2 unspecified atom stereocenters. The second-order valence-corrected chi connectivity index (χ2v) is 6.04. The van der Waals surface area contributed by atoms with Crippen molar-refractivity contribution in [1.29, 1.82) is 0 Å². The van der Waals surface area contributed by atoms with E-state index in [4.69, 9.17) is 0 Å². The number of rotatable bonds is 5. The molecule has 2 N–H and O–H groups in total. The highest BCUT2D eigenvalue weighted by atomic mass is 32.2. The van der Waals surface area contributed by atoms with E-state index in [1.807, 2.05) is 18.7 Å². The number of hydrogen-bond donors (Lipinski definition) is 2. The Labute approximate surface area is 119 Å². The number of nitrogens with one attached hydrogen (secondary N) is 2. The maximum Gasteiger partial charge on any atom is 0.236 e. The lowest BCUT2D eigenvalue weighted by atomic mass is 10.0. The molecule has 1 heterocycles. The number of thioether (sulfide) groups is 1. The van der Waals surface area contributed by atoms with Crippen LogP contribution in [0.1, 0.15) is 38.3 Å². The Balaban J connectivity index is 1.98. The number of hydrogen-bond acceptors (Lipinski definition) is 3.